The topological polar surface area (TPSA) is 71.1 Å². The molecule has 0 aromatic heterocycles. The van der Waals surface area contributed by atoms with Crippen LogP contribution in [-0.2, 0) is 14.3 Å². The van der Waals surface area contributed by atoms with Crippen molar-refractivity contribution in [2.45, 2.75) is 57.2 Å². The SMILES string of the molecule is CCCCCCN1CC2(CCN(C(=O)C3CNCCO3)CC2)OC1=O.Cl. The maximum absolute atomic E-state index is 12.5. The summed E-state index contributed by atoms with van der Waals surface area (Å²) in [5, 5.41) is 3.19. The Morgan fingerprint density at radius 1 is 1.27 bits per heavy atom. The highest BCUT2D eigenvalue weighted by Crippen LogP contribution is 2.33. The van der Waals surface area contributed by atoms with Crippen LogP contribution >= 0.6 is 12.4 Å². The van der Waals surface area contributed by atoms with E-state index in [9.17, 15) is 9.59 Å². The minimum absolute atomic E-state index is 0. The van der Waals surface area contributed by atoms with Crippen molar-refractivity contribution in [3.63, 3.8) is 0 Å². The van der Waals surface area contributed by atoms with Crippen LogP contribution in [0.2, 0.25) is 0 Å². The van der Waals surface area contributed by atoms with Gasteiger partial charge in [0.1, 0.15) is 11.7 Å². The minimum Gasteiger partial charge on any atom is -0.441 e. The van der Waals surface area contributed by atoms with E-state index < -0.39 is 5.60 Å². The van der Waals surface area contributed by atoms with Crippen LogP contribution in [-0.4, -0.2) is 79.4 Å². The smallest absolute Gasteiger partial charge is 0.410 e. The van der Waals surface area contributed by atoms with Gasteiger partial charge >= 0.3 is 6.09 Å². The summed E-state index contributed by atoms with van der Waals surface area (Å²) in [6.45, 7) is 6.87. The van der Waals surface area contributed by atoms with E-state index in [0.717, 1.165) is 38.8 Å². The summed E-state index contributed by atoms with van der Waals surface area (Å²) < 4.78 is 11.3. The second-order valence-electron chi connectivity index (χ2n) is 7.42. The Hall–Kier alpha value is -1.05. The Morgan fingerprint density at radius 2 is 2.04 bits per heavy atom. The number of nitrogens with zero attached hydrogens (tertiary/aromatic N) is 2. The Morgan fingerprint density at radius 3 is 2.69 bits per heavy atom. The summed E-state index contributed by atoms with van der Waals surface area (Å²) in [6.07, 6.45) is 5.48. The molecule has 7 nitrogen and oxygen atoms in total. The number of halogens is 1. The van der Waals surface area contributed by atoms with Crippen LogP contribution in [0.1, 0.15) is 45.4 Å². The quantitative estimate of drug-likeness (QED) is 0.701. The standard InChI is InChI=1S/C18H31N3O4.ClH/c1-2-3-4-5-9-21-14-18(25-17(21)23)6-10-20(11-7-18)16(22)15-13-19-8-12-24-15;/h15,19H,2-14H2,1H3;1H. The highest BCUT2D eigenvalue weighted by Gasteiger charge is 2.47. The average Bonchev–Trinajstić information content (AvgIpc) is 2.95. The van der Waals surface area contributed by atoms with E-state index in [0.29, 0.717) is 32.8 Å². The molecule has 2 amide bonds. The zero-order valence-electron chi connectivity index (χ0n) is 15.7. The normalized spacial score (nSPS) is 25.1. The fourth-order valence-corrected chi connectivity index (χ4v) is 3.92. The molecule has 3 aliphatic heterocycles. The van der Waals surface area contributed by atoms with Crippen LogP contribution in [0.5, 0.6) is 0 Å². The summed E-state index contributed by atoms with van der Waals surface area (Å²) in [5.41, 5.74) is -0.399. The molecule has 3 heterocycles. The fourth-order valence-electron chi connectivity index (χ4n) is 3.92. The van der Waals surface area contributed by atoms with Gasteiger partial charge in [-0.15, -0.1) is 12.4 Å². The summed E-state index contributed by atoms with van der Waals surface area (Å²) in [4.78, 5) is 28.4. The molecule has 1 N–H and O–H groups in total. The monoisotopic (exact) mass is 389 g/mol. The number of unbranched alkanes of at least 4 members (excludes halogenated alkanes) is 3. The van der Waals surface area contributed by atoms with Crippen molar-refractivity contribution < 1.29 is 19.1 Å². The van der Waals surface area contributed by atoms with E-state index in [-0.39, 0.29) is 30.5 Å². The van der Waals surface area contributed by atoms with Crippen LogP contribution in [0.4, 0.5) is 4.79 Å². The van der Waals surface area contributed by atoms with E-state index in [1.54, 1.807) is 0 Å². The molecule has 8 heteroatoms. The van der Waals surface area contributed by atoms with Gasteiger partial charge in [-0.2, -0.15) is 0 Å². The number of morpholine rings is 1. The Kier molecular flexibility index (Phi) is 7.98. The second-order valence-corrected chi connectivity index (χ2v) is 7.42. The molecule has 0 aromatic rings. The second kappa shape index (κ2) is 9.76. The van der Waals surface area contributed by atoms with Gasteiger partial charge in [0.05, 0.1) is 13.2 Å². The number of ether oxygens (including phenoxy) is 2. The number of likely N-dealkylation sites (tertiary alicyclic amines) is 1. The molecule has 150 valence electrons. The molecule has 1 unspecified atom stereocenters. The molecule has 3 saturated heterocycles. The van der Waals surface area contributed by atoms with Crippen molar-refractivity contribution in [3.8, 4) is 0 Å². The largest absolute Gasteiger partial charge is 0.441 e. The molecule has 0 aromatic carbocycles. The number of carbonyl (C=O) groups excluding carboxylic acids is 2. The van der Waals surface area contributed by atoms with Crippen LogP contribution in [0.25, 0.3) is 0 Å². The predicted molar refractivity (Wildman–Crippen MR) is 101 cm³/mol. The van der Waals surface area contributed by atoms with E-state index in [1.165, 1.54) is 12.8 Å². The van der Waals surface area contributed by atoms with Crippen LogP contribution in [0.15, 0.2) is 0 Å². The number of rotatable bonds is 6. The van der Waals surface area contributed by atoms with Crippen molar-refractivity contribution in [1.29, 1.82) is 0 Å². The number of hydrogen-bond acceptors (Lipinski definition) is 5. The Balaban J connectivity index is 0.00000243. The molecule has 26 heavy (non-hydrogen) atoms. The van der Waals surface area contributed by atoms with Gasteiger partial charge < -0.3 is 24.6 Å². The molecular weight excluding hydrogens is 358 g/mol. The number of carbonyl (C=O) groups is 2. The highest BCUT2D eigenvalue weighted by molar-refractivity contribution is 5.85. The zero-order chi connectivity index (χ0) is 17.7. The zero-order valence-corrected chi connectivity index (χ0v) is 16.5. The first-order chi connectivity index (χ1) is 12.1. The molecular formula is C18H32ClN3O4. The fraction of sp³-hybridized carbons (Fsp3) is 0.889. The number of hydrogen-bond donors (Lipinski definition) is 1. The van der Waals surface area contributed by atoms with Crippen molar-refractivity contribution >= 4 is 24.4 Å². The van der Waals surface area contributed by atoms with E-state index in [2.05, 4.69) is 12.2 Å². The minimum atomic E-state index is -0.399. The molecule has 1 spiro atoms. The van der Waals surface area contributed by atoms with Gasteiger partial charge in [-0.1, -0.05) is 26.2 Å². The van der Waals surface area contributed by atoms with E-state index in [1.807, 2.05) is 9.80 Å². The third-order valence-corrected chi connectivity index (χ3v) is 5.51. The van der Waals surface area contributed by atoms with Gasteiger partial charge in [0.15, 0.2) is 0 Å². The summed E-state index contributed by atoms with van der Waals surface area (Å²) >= 11 is 0. The summed E-state index contributed by atoms with van der Waals surface area (Å²) in [6, 6.07) is 0. The molecule has 0 radical (unpaired) electrons. The van der Waals surface area contributed by atoms with E-state index in [4.69, 9.17) is 9.47 Å². The van der Waals surface area contributed by atoms with Gasteiger partial charge in [-0.3, -0.25) is 4.79 Å². The molecule has 3 rings (SSSR count). The van der Waals surface area contributed by atoms with Crippen LogP contribution < -0.4 is 5.32 Å². The van der Waals surface area contributed by atoms with Crippen molar-refractivity contribution in [2.75, 3.05) is 45.9 Å². The third kappa shape index (κ3) is 5.02. The number of nitrogens with one attached hydrogen (secondary N) is 1. The van der Waals surface area contributed by atoms with Crippen LogP contribution in [0.3, 0.4) is 0 Å². The Labute approximate surface area is 162 Å². The van der Waals surface area contributed by atoms with Crippen molar-refractivity contribution in [2.24, 2.45) is 0 Å². The predicted octanol–water partition coefficient (Wildman–Crippen LogP) is 1.79. The average molecular weight is 390 g/mol. The molecule has 3 fully saturated rings. The molecule has 0 aliphatic carbocycles. The van der Waals surface area contributed by atoms with Gasteiger partial charge in [-0.25, -0.2) is 4.79 Å². The Bertz CT molecular complexity index is 477. The lowest BCUT2D eigenvalue weighted by Crippen LogP contribution is -2.54. The summed E-state index contributed by atoms with van der Waals surface area (Å²) in [5.74, 6) is 0.0581. The highest BCUT2D eigenvalue weighted by atomic mass is 35.5. The van der Waals surface area contributed by atoms with Crippen LogP contribution in [0, 0.1) is 0 Å². The maximum Gasteiger partial charge on any atom is 0.410 e. The first kappa shape index (κ1) is 21.3. The lowest BCUT2D eigenvalue weighted by molar-refractivity contribution is -0.148. The molecule has 3 aliphatic rings. The first-order valence-electron chi connectivity index (χ1n) is 9.72. The number of piperidine rings is 1. The van der Waals surface area contributed by atoms with Crippen molar-refractivity contribution in [1.82, 2.24) is 15.1 Å². The first-order valence-corrected chi connectivity index (χ1v) is 9.72. The van der Waals surface area contributed by atoms with Gasteiger partial charge in [0, 0.05) is 45.6 Å². The number of amides is 2. The van der Waals surface area contributed by atoms with Gasteiger partial charge in [0.25, 0.3) is 5.91 Å². The lowest BCUT2D eigenvalue weighted by atomic mass is 9.91. The van der Waals surface area contributed by atoms with Gasteiger partial charge in [-0.05, 0) is 6.42 Å². The maximum atomic E-state index is 12.5. The van der Waals surface area contributed by atoms with Crippen molar-refractivity contribution in [3.05, 3.63) is 0 Å². The lowest BCUT2D eigenvalue weighted by Gasteiger charge is -2.39. The third-order valence-electron chi connectivity index (χ3n) is 5.51. The van der Waals surface area contributed by atoms with E-state index >= 15 is 0 Å². The van der Waals surface area contributed by atoms with Gasteiger partial charge in [0.2, 0.25) is 0 Å². The summed E-state index contributed by atoms with van der Waals surface area (Å²) in [7, 11) is 0. The molecule has 0 saturated carbocycles. The molecule has 0 bridgehead atoms. The molecule has 1 atom stereocenters.